The van der Waals surface area contributed by atoms with Crippen LogP contribution in [0.3, 0.4) is 0 Å². The molecule has 1 aliphatic rings. The third-order valence-corrected chi connectivity index (χ3v) is 3.71. The van der Waals surface area contributed by atoms with Crippen LogP contribution in [0.1, 0.15) is 32.6 Å². The van der Waals surface area contributed by atoms with Crippen LogP contribution in [-0.2, 0) is 19.1 Å². The molecule has 1 aliphatic carbocycles. The van der Waals surface area contributed by atoms with Gasteiger partial charge in [0, 0.05) is 12.8 Å². The first kappa shape index (κ1) is 10.7. The van der Waals surface area contributed by atoms with Gasteiger partial charge in [-0.2, -0.15) is 8.42 Å². The summed E-state index contributed by atoms with van der Waals surface area (Å²) in [7, 11) is -3.45. The van der Waals surface area contributed by atoms with Crippen molar-refractivity contribution in [2.45, 2.75) is 37.9 Å². The summed E-state index contributed by atoms with van der Waals surface area (Å²) in [6, 6.07) is 0. The lowest BCUT2D eigenvalue weighted by molar-refractivity contribution is -0.123. The first-order valence-electron chi connectivity index (χ1n) is 4.46. The molecular weight excluding hydrogens is 192 g/mol. The fourth-order valence-electron chi connectivity index (χ4n) is 1.07. The van der Waals surface area contributed by atoms with E-state index in [4.69, 9.17) is 4.18 Å². The Morgan fingerprint density at radius 1 is 1.46 bits per heavy atom. The lowest BCUT2D eigenvalue weighted by Gasteiger charge is -2.22. The Labute approximate surface area is 78.4 Å². The Morgan fingerprint density at radius 3 is 2.54 bits per heavy atom. The van der Waals surface area contributed by atoms with E-state index in [2.05, 4.69) is 0 Å². The minimum Gasteiger partial charge on any atom is -0.300 e. The molecule has 4 nitrogen and oxygen atoms in total. The molecule has 0 radical (unpaired) electrons. The number of carbonyl (C=O) groups is 1. The van der Waals surface area contributed by atoms with Crippen molar-refractivity contribution in [3.05, 3.63) is 0 Å². The maximum absolute atomic E-state index is 11.3. The molecule has 13 heavy (non-hydrogen) atoms. The minimum absolute atomic E-state index is 0.00710. The number of Topliss-reactive ketones (excluding diaryl/α,β-unsaturated/α-hetero) is 1. The molecule has 1 fully saturated rings. The molecule has 0 unspecified atom stereocenters. The van der Waals surface area contributed by atoms with Crippen LogP contribution in [0.4, 0.5) is 0 Å². The van der Waals surface area contributed by atoms with Crippen LogP contribution in [0.15, 0.2) is 0 Å². The van der Waals surface area contributed by atoms with Crippen molar-refractivity contribution in [1.82, 2.24) is 0 Å². The molecule has 0 spiro atoms. The van der Waals surface area contributed by atoms with Gasteiger partial charge >= 0.3 is 0 Å². The van der Waals surface area contributed by atoms with Crippen molar-refractivity contribution < 1.29 is 17.4 Å². The molecule has 1 rings (SSSR count). The molecule has 0 bridgehead atoms. The van der Waals surface area contributed by atoms with E-state index in [-0.39, 0.29) is 25.2 Å². The predicted octanol–water partition coefficient (Wildman–Crippen LogP) is 0.864. The summed E-state index contributed by atoms with van der Waals surface area (Å²) in [5, 5.41) is -0.572. The maximum atomic E-state index is 11.3. The highest BCUT2D eigenvalue weighted by molar-refractivity contribution is 7.87. The highest BCUT2D eigenvalue weighted by Gasteiger charge is 2.38. The van der Waals surface area contributed by atoms with Crippen LogP contribution in [-0.4, -0.2) is 26.1 Å². The van der Waals surface area contributed by atoms with Crippen molar-refractivity contribution in [1.29, 1.82) is 0 Å². The van der Waals surface area contributed by atoms with Gasteiger partial charge in [0.25, 0.3) is 10.1 Å². The number of rotatable bonds is 5. The fraction of sp³-hybridized carbons (Fsp3) is 0.875. The summed E-state index contributed by atoms with van der Waals surface area (Å²) >= 11 is 0. The second kappa shape index (κ2) is 4.19. The van der Waals surface area contributed by atoms with E-state index in [1.165, 1.54) is 0 Å². The zero-order valence-electron chi connectivity index (χ0n) is 7.65. The van der Waals surface area contributed by atoms with Gasteiger partial charge in [0.05, 0.1) is 6.61 Å². The lowest BCUT2D eigenvalue weighted by atomic mass is 9.98. The Hall–Kier alpha value is -0.420. The number of ketones is 1. The van der Waals surface area contributed by atoms with Crippen LogP contribution in [0.5, 0.6) is 0 Å². The van der Waals surface area contributed by atoms with E-state index in [0.717, 1.165) is 12.8 Å². The van der Waals surface area contributed by atoms with Gasteiger partial charge in [-0.25, -0.2) is 0 Å². The first-order chi connectivity index (χ1) is 6.06. The largest absolute Gasteiger partial charge is 0.300 e. The summed E-state index contributed by atoms with van der Waals surface area (Å²) in [6.07, 6.45) is 1.90. The summed E-state index contributed by atoms with van der Waals surface area (Å²) in [5.74, 6) is 0.00710. The van der Waals surface area contributed by atoms with E-state index in [0.29, 0.717) is 0 Å². The van der Waals surface area contributed by atoms with Gasteiger partial charge in [-0.1, -0.05) is 13.3 Å². The van der Waals surface area contributed by atoms with Crippen LogP contribution in [0, 0.1) is 0 Å². The molecule has 5 heteroatoms. The summed E-state index contributed by atoms with van der Waals surface area (Å²) in [6.45, 7) is 2.20. The number of carbonyl (C=O) groups excluding carboxylic acids is 1. The second-order valence-corrected chi connectivity index (χ2v) is 5.13. The molecule has 1 saturated carbocycles. The molecular formula is C8H14O4S. The summed E-state index contributed by atoms with van der Waals surface area (Å²) in [4.78, 5) is 10.6. The molecule has 0 aromatic rings. The number of unbranched alkanes of at least 4 members (excludes halogenated alkanes) is 1. The molecule has 76 valence electrons. The van der Waals surface area contributed by atoms with E-state index in [1.807, 2.05) is 6.92 Å². The molecule has 0 atom stereocenters. The normalized spacial score (nSPS) is 18.7. The smallest absolute Gasteiger partial charge is 0.271 e. The molecule has 0 saturated heterocycles. The van der Waals surface area contributed by atoms with Crippen LogP contribution < -0.4 is 0 Å². The highest BCUT2D eigenvalue weighted by atomic mass is 32.2. The van der Waals surface area contributed by atoms with Crippen molar-refractivity contribution in [2.75, 3.05) is 6.61 Å². The topological polar surface area (TPSA) is 60.4 Å². The van der Waals surface area contributed by atoms with Crippen LogP contribution in [0.25, 0.3) is 0 Å². The van der Waals surface area contributed by atoms with Crippen molar-refractivity contribution >= 4 is 15.9 Å². The highest BCUT2D eigenvalue weighted by Crippen LogP contribution is 2.24. The van der Waals surface area contributed by atoms with E-state index in [1.54, 1.807) is 0 Å². The summed E-state index contributed by atoms with van der Waals surface area (Å²) < 4.78 is 27.3. The van der Waals surface area contributed by atoms with Crippen molar-refractivity contribution in [2.24, 2.45) is 0 Å². The average molecular weight is 206 g/mol. The standard InChI is InChI=1S/C8H14O4S/c1-2-3-4-12-13(10,11)8-5-7(9)6-8/h8H,2-6H2,1H3. The zero-order chi connectivity index (χ0) is 9.90. The molecule has 0 heterocycles. The fourth-order valence-corrected chi connectivity index (χ4v) is 2.39. The van der Waals surface area contributed by atoms with Gasteiger partial charge in [-0.15, -0.1) is 0 Å². The summed E-state index contributed by atoms with van der Waals surface area (Å²) in [5.41, 5.74) is 0. The maximum Gasteiger partial charge on any atom is 0.271 e. The second-order valence-electron chi connectivity index (χ2n) is 3.24. The van der Waals surface area contributed by atoms with E-state index in [9.17, 15) is 13.2 Å². The Balaban J connectivity index is 2.34. The van der Waals surface area contributed by atoms with E-state index < -0.39 is 15.4 Å². The van der Waals surface area contributed by atoms with Gasteiger partial charge in [0.2, 0.25) is 0 Å². The number of hydrogen-bond donors (Lipinski definition) is 0. The quantitative estimate of drug-likeness (QED) is 0.494. The molecule has 0 amide bonds. The van der Waals surface area contributed by atoms with Crippen LogP contribution in [0.2, 0.25) is 0 Å². The monoisotopic (exact) mass is 206 g/mol. The van der Waals surface area contributed by atoms with E-state index >= 15 is 0 Å². The van der Waals surface area contributed by atoms with Gasteiger partial charge < -0.3 is 0 Å². The average Bonchev–Trinajstić information content (AvgIpc) is 1.99. The Kier molecular flexibility index (Phi) is 3.44. The third-order valence-electron chi connectivity index (χ3n) is 2.06. The molecule has 0 aliphatic heterocycles. The molecule has 0 N–H and O–H groups in total. The molecule has 0 aromatic heterocycles. The molecule has 0 aromatic carbocycles. The van der Waals surface area contributed by atoms with Crippen LogP contribution >= 0.6 is 0 Å². The lowest BCUT2D eigenvalue weighted by Crippen LogP contribution is -2.37. The third kappa shape index (κ3) is 2.77. The number of hydrogen-bond acceptors (Lipinski definition) is 4. The van der Waals surface area contributed by atoms with Crippen molar-refractivity contribution in [3.63, 3.8) is 0 Å². The van der Waals surface area contributed by atoms with Gasteiger partial charge in [0.1, 0.15) is 11.0 Å². The zero-order valence-corrected chi connectivity index (χ0v) is 8.47. The van der Waals surface area contributed by atoms with Gasteiger partial charge in [-0.05, 0) is 6.42 Å². The first-order valence-corrected chi connectivity index (χ1v) is 5.93. The van der Waals surface area contributed by atoms with Gasteiger partial charge in [0.15, 0.2) is 0 Å². The van der Waals surface area contributed by atoms with Gasteiger partial charge in [-0.3, -0.25) is 8.98 Å². The Morgan fingerprint density at radius 2 is 2.08 bits per heavy atom. The predicted molar refractivity (Wildman–Crippen MR) is 47.8 cm³/mol. The van der Waals surface area contributed by atoms with Crippen molar-refractivity contribution in [3.8, 4) is 0 Å². The Bertz CT molecular complexity index is 273. The SMILES string of the molecule is CCCCOS(=O)(=O)C1CC(=O)C1. The minimum atomic E-state index is -3.45.